The SMILES string of the molecule is Cc1cc(N2CC3CCC(C2)C3Nc2nc3n(n2)CCCC3c2ccc(F)cc2Cl)sn1. The number of nitrogens with one attached hydrogen (secondary N) is 1. The number of aromatic nitrogens is 4. The van der Waals surface area contributed by atoms with Gasteiger partial charge >= 0.3 is 0 Å². The van der Waals surface area contributed by atoms with E-state index in [4.69, 9.17) is 21.7 Å². The Morgan fingerprint density at radius 1 is 1.16 bits per heavy atom. The lowest BCUT2D eigenvalue weighted by atomic mass is 9.91. The molecule has 1 N–H and O–H groups in total. The summed E-state index contributed by atoms with van der Waals surface area (Å²) in [4.78, 5) is 7.41. The fourth-order valence-corrected chi connectivity index (χ4v) is 6.85. The zero-order valence-electron chi connectivity index (χ0n) is 18.0. The molecular weight excluding hydrogens is 447 g/mol. The van der Waals surface area contributed by atoms with Crippen LogP contribution in [0.5, 0.6) is 0 Å². The molecule has 4 heterocycles. The van der Waals surface area contributed by atoms with E-state index in [1.807, 2.05) is 4.68 Å². The fraction of sp³-hybridized carbons (Fsp3) is 0.522. The van der Waals surface area contributed by atoms with Gasteiger partial charge in [-0.25, -0.2) is 9.07 Å². The van der Waals surface area contributed by atoms with Crippen LogP contribution >= 0.6 is 23.1 Å². The summed E-state index contributed by atoms with van der Waals surface area (Å²) in [6.07, 6.45) is 4.42. The summed E-state index contributed by atoms with van der Waals surface area (Å²) in [5, 5.41) is 10.2. The molecule has 2 fully saturated rings. The molecule has 0 amide bonds. The molecule has 1 saturated carbocycles. The predicted octanol–water partition coefficient (Wildman–Crippen LogP) is 5.09. The van der Waals surface area contributed by atoms with Crippen molar-refractivity contribution in [2.75, 3.05) is 23.3 Å². The largest absolute Gasteiger partial charge is 0.361 e. The van der Waals surface area contributed by atoms with E-state index in [0.717, 1.165) is 49.6 Å². The van der Waals surface area contributed by atoms with Gasteiger partial charge in [-0.15, -0.1) is 5.10 Å². The van der Waals surface area contributed by atoms with E-state index in [1.165, 1.54) is 30.0 Å². The first kappa shape index (κ1) is 20.4. The minimum atomic E-state index is -0.311. The minimum Gasteiger partial charge on any atom is -0.361 e. The maximum Gasteiger partial charge on any atom is 0.242 e. The van der Waals surface area contributed by atoms with E-state index in [1.54, 1.807) is 17.6 Å². The first-order chi connectivity index (χ1) is 15.5. The van der Waals surface area contributed by atoms with Crippen LogP contribution in [-0.4, -0.2) is 38.3 Å². The van der Waals surface area contributed by atoms with Crippen LogP contribution in [0.2, 0.25) is 5.02 Å². The van der Waals surface area contributed by atoms with Crippen molar-refractivity contribution in [2.24, 2.45) is 11.8 Å². The van der Waals surface area contributed by atoms with Gasteiger partial charge in [0.05, 0.1) is 5.69 Å². The highest BCUT2D eigenvalue weighted by molar-refractivity contribution is 7.10. The Bertz CT molecular complexity index is 1130. The molecule has 1 aromatic carbocycles. The van der Waals surface area contributed by atoms with E-state index in [9.17, 15) is 4.39 Å². The summed E-state index contributed by atoms with van der Waals surface area (Å²) < 4.78 is 20.0. The Morgan fingerprint density at radius 2 is 1.97 bits per heavy atom. The first-order valence-corrected chi connectivity index (χ1v) is 12.5. The Hall–Kier alpha value is -2.19. The zero-order chi connectivity index (χ0) is 21.8. The number of benzene rings is 1. The normalized spacial score (nSPS) is 26.9. The second-order valence-electron chi connectivity index (χ2n) is 9.36. The molecule has 9 heteroatoms. The van der Waals surface area contributed by atoms with Crippen molar-refractivity contribution in [3.05, 3.63) is 52.2 Å². The molecule has 1 saturated heterocycles. The van der Waals surface area contributed by atoms with Gasteiger partial charge in [-0.3, -0.25) is 0 Å². The number of aryl methyl sites for hydroxylation is 2. The highest BCUT2D eigenvalue weighted by Crippen LogP contribution is 2.42. The summed E-state index contributed by atoms with van der Waals surface area (Å²) in [6, 6.07) is 7.26. The van der Waals surface area contributed by atoms with Crippen LogP contribution in [0.1, 0.15) is 48.7 Å². The molecule has 2 aromatic heterocycles. The monoisotopic (exact) mass is 472 g/mol. The highest BCUT2D eigenvalue weighted by atomic mass is 35.5. The summed E-state index contributed by atoms with van der Waals surface area (Å²) >= 11 is 7.99. The van der Waals surface area contributed by atoms with Crippen LogP contribution in [0.3, 0.4) is 0 Å². The van der Waals surface area contributed by atoms with E-state index in [2.05, 4.69) is 27.6 Å². The molecule has 168 valence electrons. The van der Waals surface area contributed by atoms with Crippen LogP contribution in [0.25, 0.3) is 0 Å². The van der Waals surface area contributed by atoms with Crippen molar-refractivity contribution in [2.45, 2.75) is 51.1 Å². The molecule has 32 heavy (non-hydrogen) atoms. The van der Waals surface area contributed by atoms with Crippen molar-refractivity contribution >= 4 is 34.1 Å². The molecular formula is C23H26ClFN6S. The van der Waals surface area contributed by atoms with Gasteiger partial charge in [0.1, 0.15) is 16.6 Å². The Labute approximate surface area is 196 Å². The molecule has 0 radical (unpaired) electrons. The molecule has 1 aliphatic carbocycles. The molecule has 6 rings (SSSR count). The smallest absolute Gasteiger partial charge is 0.242 e. The van der Waals surface area contributed by atoms with E-state index >= 15 is 0 Å². The lowest BCUT2D eigenvalue weighted by Gasteiger charge is -2.38. The third-order valence-corrected chi connectivity index (χ3v) is 8.54. The molecule has 2 bridgehead atoms. The number of piperidine rings is 1. The van der Waals surface area contributed by atoms with Gasteiger partial charge in [0.15, 0.2) is 0 Å². The number of rotatable bonds is 4. The van der Waals surface area contributed by atoms with Gasteiger partial charge in [-0.2, -0.15) is 9.36 Å². The van der Waals surface area contributed by atoms with Gasteiger partial charge < -0.3 is 10.2 Å². The van der Waals surface area contributed by atoms with E-state index < -0.39 is 0 Å². The van der Waals surface area contributed by atoms with E-state index in [-0.39, 0.29) is 11.7 Å². The molecule has 0 spiro atoms. The first-order valence-electron chi connectivity index (χ1n) is 11.4. The second kappa shape index (κ2) is 7.99. The fourth-order valence-electron chi connectivity index (χ4n) is 5.78. The van der Waals surface area contributed by atoms with Crippen LogP contribution in [-0.2, 0) is 6.54 Å². The summed E-state index contributed by atoms with van der Waals surface area (Å²) in [5.74, 6) is 2.55. The van der Waals surface area contributed by atoms with Crippen molar-refractivity contribution in [3.8, 4) is 0 Å². The molecule has 3 aromatic rings. The molecule has 6 nitrogen and oxygen atoms in total. The Morgan fingerprint density at radius 3 is 2.69 bits per heavy atom. The van der Waals surface area contributed by atoms with Crippen molar-refractivity contribution in [3.63, 3.8) is 0 Å². The third-order valence-electron chi connectivity index (χ3n) is 7.27. The topological polar surface area (TPSA) is 58.9 Å². The summed E-state index contributed by atoms with van der Waals surface area (Å²) in [6.45, 7) is 5.02. The summed E-state index contributed by atoms with van der Waals surface area (Å²) in [7, 11) is 0. The molecule has 3 atom stereocenters. The highest BCUT2D eigenvalue weighted by Gasteiger charge is 2.43. The number of nitrogens with zero attached hydrogens (tertiary/aromatic N) is 5. The zero-order valence-corrected chi connectivity index (χ0v) is 19.5. The predicted molar refractivity (Wildman–Crippen MR) is 125 cm³/mol. The van der Waals surface area contributed by atoms with Gasteiger partial charge in [0.25, 0.3) is 0 Å². The number of hydrogen-bond acceptors (Lipinski definition) is 6. The van der Waals surface area contributed by atoms with Crippen molar-refractivity contribution in [1.82, 2.24) is 19.1 Å². The minimum absolute atomic E-state index is 0.0491. The average molecular weight is 473 g/mol. The van der Waals surface area contributed by atoms with E-state index in [0.29, 0.717) is 28.8 Å². The summed E-state index contributed by atoms with van der Waals surface area (Å²) in [5.41, 5.74) is 2.03. The third kappa shape index (κ3) is 3.57. The van der Waals surface area contributed by atoms with Crippen LogP contribution < -0.4 is 10.2 Å². The molecule has 3 aliphatic rings. The second-order valence-corrected chi connectivity index (χ2v) is 10.5. The number of fused-ring (bicyclic) bond motifs is 3. The van der Waals surface area contributed by atoms with Gasteiger partial charge in [0, 0.05) is 36.6 Å². The van der Waals surface area contributed by atoms with Gasteiger partial charge in [-0.05, 0) is 79.7 Å². The van der Waals surface area contributed by atoms with Gasteiger partial charge in [-0.1, -0.05) is 17.7 Å². The Balaban J connectivity index is 1.21. The number of anilines is 2. The number of hydrogen-bond donors (Lipinski definition) is 1. The maximum atomic E-state index is 13.6. The quantitative estimate of drug-likeness (QED) is 0.573. The van der Waals surface area contributed by atoms with Gasteiger partial charge in [0.2, 0.25) is 5.95 Å². The van der Waals surface area contributed by atoms with Crippen LogP contribution in [0, 0.1) is 24.6 Å². The van der Waals surface area contributed by atoms with Crippen LogP contribution in [0.15, 0.2) is 24.3 Å². The lowest BCUT2D eigenvalue weighted by molar-refractivity contribution is 0.377. The Kier molecular flexibility index (Phi) is 5.10. The van der Waals surface area contributed by atoms with Crippen molar-refractivity contribution in [1.29, 1.82) is 0 Å². The number of halogens is 2. The lowest BCUT2D eigenvalue weighted by Crippen LogP contribution is -2.48. The molecule has 2 aliphatic heterocycles. The maximum absolute atomic E-state index is 13.6. The van der Waals surface area contributed by atoms with Crippen LogP contribution in [0.4, 0.5) is 15.3 Å². The average Bonchev–Trinajstić information content (AvgIpc) is 3.44. The standard InChI is InChI=1S/C23H26ClFN6S/c1-13-9-20(32-29-13)30-11-14-4-5-15(12-30)21(14)26-23-27-22-18(3-2-8-31(22)28-23)17-7-6-16(25)10-19(17)24/h6-7,9-10,14-15,18,21H,2-5,8,11-12H2,1H3,(H,26,28). The van der Waals surface area contributed by atoms with Crippen molar-refractivity contribution < 1.29 is 4.39 Å². The molecule has 3 unspecified atom stereocenters.